The molecule has 1 aliphatic heterocycles. The zero-order valence-corrected chi connectivity index (χ0v) is 26.6. The number of ether oxygens (including phenoxy) is 1. The average Bonchev–Trinajstić information content (AvgIpc) is 2.93. The summed E-state index contributed by atoms with van der Waals surface area (Å²) in [6.07, 6.45) is 3.51. The normalized spacial score (nSPS) is 16.4. The van der Waals surface area contributed by atoms with Crippen LogP contribution in [0.4, 0.5) is 14.6 Å². The molecule has 1 N–H and O–H groups in total. The van der Waals surface area contributed by atoms with Crippen molar-refractivity contribution in [1.82, 2.24) is 10.3 Å². The highest BCUT2D eigenvalue weighted by Gasteiger charge is 2.27. The molecule has 1 aromatic heterocycles. The fraction of sp³-hybridized carbons (Fsp3) is 0.485. The summed E-state index contributed by atoms with van der Waals surface area (Å²) >= 11 is 3.52. The number of rotatable bonds is 9. The minimum atomic E-state index is -0.664. The van der Waals surface area contributed by atoms with E-state index in [9.17, 15) is 18.4 Å². The van der Waals surface area contributed by atoms with Crippen LogP contribution < -0.4 is 10.2 Å². The third-order valence-electron chi connectivity index (χ3n) is 7.81. The summed E-state index contributed by atoms with van der Waals surface area (Å²) in [5.74, 6) is -1.22. The van der Waals surface area contributed by atoms with Gasteiger partial charge in [0.2, 0.25) is 0 Å². The molecule has 2 heterocycles. The number of nitrogens with zero attached hydrogens (tertiary/aromatic N) is 2. The van der Waals surface area contributed by atoms with Crippen LogP contribution in [-0.4, -0.2) is 42.1 Å². The maximum Gasteiger partial charge on any atom is 0.306 e. The second-order valence-electron chi connectivity index (χ2n) is 12.2. The molecule has 1 amide bonds. The molecule has 0 radical (unpaired) electrons. The number of hydrogen-bond donors (Lipinski definition) is 1. The Balaban J connectivity index is 1.65. The molecule has 2 unspecified atom stereocenters. The van der Waals surface area contributed by atoms with Crippen LogP contribution in [0, 0.1) is 24.5 Å². The Morgan fingerprint density at radius 2 is 1.95 bits per heavy atom. The van der Waals surface area contributed by atoms with Crippen molar-refractivity contribution in [2.24, 2.45) is 5.92 Å². The van der Waals surface area contributed by atoms with E-state index < -0.39 is 29.1 Å². The zero-order chi connectivity index (χ0) is 30.6. The molecule has 42 heavy (non-hydrogen) atoms. The molecule has 1 saturated heterocycles. The molecule has 0 spiro atoms. The predicted molar refractivity (Wildman–Crippen MR) is 166 cm³/mol. The Hall–Kier alpha value is -3.07. The summed E-state index contributed by atoms with van der Waals surface area (Å²) in [7, 11) is 0. The molecule has 9 heteroatoms. The maximum atomic E-state index is 14.9. The number of carbonyl (C=O) groups is 2. The summed E-state index contributed by atoms with van der Waals surface area (Å²) < 4.78 is 35.3. The van der Waals surface area contributed by atoms with E-state index in [1.54, 1.807) is 20.8 Å². The average molecular weight is 645 g/mol. The molecule has 226 valence electrons. The van der Waals surface area contributed by atoms with Crippen LogP contribution >= 0.6 is 15.9 Å². The molecule has 6 nitrogen and oxygen atoms in total. The lowest BCUT2D eigenvalue weighted by atomic mass is 9.92. The smallest absolute Gasteiger partial charge is 0.306 e. The van der Waals surface area contributed by atoms with Crippen molar-refractivity contribution in [3.63, 3.8) is 0 Å². The molecular formula is C33H40BrF2N3O3. The molecule has 0 bridgehead atoms. The molecule has 3 aromatic rings. The lowest BCUT2D eigenvalue weighted by molar-refractivity contribution is -0.155. The van der Waals surface area contributed by atoms with Crippen LogP contribution in [-0.2, 0) is 9.53 Å². The van der Waals surface area contributed by atoms with Gasteiger partial charge in [0.25, 0.3) is 5.91 Å². The summed E-state index contributed by atoms with van der Waals surface area (Å²) in [5, 5.41) is 3.68. The standard InChI is InChI=1S/C33H40BrF2N3O3/c1-6-21-8-7-15-39(19-21)31-20(2)30(26-16-23(34)10-13-28(26)38-31)32(41)37-18-22(9-14-29(40)42-33(3,4)5)25-17-24(35)11-12-27(25)36/h10-13,16-17,21-22H,6-9,14-15,18-19H2,1-5H3,(H,37,41). The minimum absolute atomic E-state index is 0.00434. The van der Waals surface area contributed by atoms with Gasteiger partial charge < -0.3 is 15.0 Å². The third-order valence-corrected chi connectivity index (χ3v) is 8.30. The number of benzene rings is 2. The zero-order valence-electron chi connectivity index (χ0n) is 25.0. The van der Waals surface area contributed by atoms with Crippen molar-refractivity contribution < 1.29 is 23.1 Å². The number of halogens is 3. The van der Waals surface area contributed by atoms with E-state index in [4.69, 9.17) is 9.72 Å². The summed E-state index contributed by atoms with van der Waals surface area (Å²) in [4.78, 5) is 33.6. The third kappa shape index (κ3) is 7.85. The molecule has 0 aliphatic carbocycles. The molecule has 2 atom stereocenters. The number of aromatic nitrogens is 1. The van der Waals surface area contributed by atoms with Crippen molar-refractivity contribution in [3.8, 4) is 0 Å². The number of fused-ring (bicyclic) bond motifs is 1. The number of nitrogens with one attached hydrogen (secondary N) is 1. The number of piperidine rings is 1. The number of amides is 1. The fourth-order valence-electron chi connectivity index (χ4n) is 5.69. The topological polar surface area (TPSA) is 71.5 Å². The van der Waals surface area contributed by atoms with E-state index in [0.717, 1.165) is 60.0 Å². The van der Waals surface area contributed by atoms with E-state index in [-0.39, 0.29) is 30.9 Å². The molecule has 2 aromatic carbocycles. The molecule has 4 rings (SSSR count). The first-order valence-corrected chi connectivity index (χ1v) is 15.4. The van der Waals surface area contributed by atoms with Gasteiger partial charge in [-0.25, -0.2) is 13.8 Å². The van der Waals surface area contributed by atoms with Gasteiger partial charge in [0.05, 0.1) is 11.1 Å². The van der Waals surface area contributed by atoms with Crippen LogP contribution in [0.2, 0.25) is 0 Å². The van der Waals surface area contributed by atoms with Gasteiger partial charge in [-0.15, -0.1) is 0 Å². The Labute approximate surface area is 255 Å². The van der Waals surface area contributed by atoms with Crippen molar-refractivity contribution in [3.05, 3.63) is 69.2 Å². The van der Waals surface area contributed by atoms with E-state index in [2.05, 4.69) is 33.1 Å². The van der Waals surface area contributed by atoms with Crippen molar-refractivity contribution in [2.75, 3.05) is 24.5 Å². The number of hydrogen-bond acceptors (Lipinski definition) is 5. The number of esters is 1. The lowest BCUT2D eigenvalue weighted by Crippen LogP contribution is -2.37. The maximum absolute atomic E-state index is 14.9. The van der Waals surface area contributed by atoms with E-state index >= 15 is 0 Å². The highest BCUT2D eigenvalue weighted by atomic mass is 79.9. The van der Waals surface area contributed by atoms with Gasteiger partial charge in [0, 0.05) is 47.4 Å². The first-order chi connectivity index (χ1) is 19.9. The first kappa shape index (κ1) is 31.9. The summed E-state index contributed by atoms with van der Waals surface area (Å²) in [6.45, 7) is 11.2. The Kier molecular flexibility index (Phi) is 10.2. The van der Waals surface area contributed by atoms with Crippen LogP contribution in [0.3, 0.4) is 0 Å². The minimum Gasteiger partial charge on any atom is -0.460 e. The van der Waals surface area contributed by atoms with E-state index in [1.807, 2.05) is 25.1 Å². The van der Waals surface area contributed by atoms with Crippen molar-refractivity contribution in [1.29, 1.82) is 0 Å². The first-order valence-electron chi connectivity index (χ1n) is 14.7. The van der Waals surface area contributed by atoms with E-state index in [0.29, 0.717) is 22.4 Å². The van der Waals surface area contributed by atoms with Gasteiger partial charge in [0.1, 0.15) is 23.1 Å². The lowest BCUT2D eigenvalue weighted by Gasteiger charge is -2.34. The van der Waals surface area contributed by atoms with E-state index in [1.165, 1.54) is 6.42 Å². The van der Waals surface area contributed by atoms with Crippen LogP contribution in [0.15, 0.2) is 40.9 Å². The van der Waals surface area contributed by atoms with Gasteiger partial charge in [-0.1, -0.05) is 29.3 Å². The highest BCUT2D eigenvalue weighted by Crippen LogP contribution is 2.33. The van der Waals surface area contributed by atoms with Crippen molar-refractivity contribution >= 4 is 44.5 Å². The Morgan fingerprint density at radius 1 is 1.19 bits per heavy atom. The fourth-order valence-corrected chi connectivity index (χ4v) is 6.05. The largest absolute Gasteiger partial charge is 0.460 e. The van der Waals surface area contributed by atoms with Gasteiger partial charge >= 0.3 is 5.97 Å². The molecule has 1 fully saturated rings. The highest BCUT2D eigenvalue weighted by molar-refractivity contribution is 9.10. The predicted octanol–water partition coefficient (Wildman–Crippen LogP) is 7.85. The van der Waals surface area contributed by atoms with Gasteiger partial charge in [-0.3, -0.25) is 9.59 Å². The van der Waals surface area contributed by atoms with Crippen molar-refractivity contribution in [2.45, 2.75) is 78.2 Å². The SMILES string of the molecule is CCC1CCCN(c2nc3ccc(Br)cc3c(C(=O)NCC(CCC(=O)OC(C)(C)C)c3cc(F)ccc3F)c2C)C1. The molecule has 1 aliphatic rings. The van der Waals surface area contributed by atoms with Gasteiger partial charge in [-0.05, 0) is 94.8 Å². The van der Waals surface area contributed by atoms with Crippen LogP contribution in [0.1, 0.15) is 87.2 Å². The van der Waals surface area contributed by atoms with Gasteiger partial charge in [-0.2, -0.15) is 0 Å². The number of anilines is 1. The number of pyridine rings is 1. The quantitative estimate of drug-likeness (QED) is 0.241. The summed E-state index contributed by atoms with van der Waals surface area (Å²) in [5.41, 5.74) is 1.43. The summed E-state index contributed by atoms with van der Waals surface area (Å²) in [6, 6.07) is 8.93. The Bertz CT molecular complexity index is 1460. The monoisotopic (exact) mass is 643 g/mol. The Morgan fingerprint density at radius 3 is 2.67 bits per heavy atom. The van der Waals surface area contributed by atoms with Gasteiger partial charge in [0.15, 0.2) is 0 Å². The molecular weight excluding hydrogens is 604 g/mol. The molecule has 0 saturated carbocycles. The number of carbonyl (C=O) groups excluding carboxylic acids is 2. The second-order valence-corrected chi connectivity index (χ2v) is 13.1. The van der Waals surface area contributed by atoms with Crippen LogP contribution in [0.5, 0.6) is 0 Å². The second kappa shape index (κ2) is 13.5. The van der Waals surface area contributed by atoms with Crippen LogP contribution in [0.25, 0.3) is 10.9 Å².